The molecule has 8 nitrogen and oxygen atoms in total. The van der Waals surface area contributed by atoms with E-state index in [1.54, 1.807) is 39.1 Å². The number of hydrogen-bond donors (Lipinski definition) is 2. The standard InChI is InChI=1S/C23H27FN4O4/c1-23(2,3)32-22(30)28-17(13-29)11-26-12-19(28)21-20(5-4-8-27-21)31-14-16-7-6-15(10-25)9-18(16)24/h4-9,17,19,26,29H,11-14H2,1-3H3. The molecule has 2 aromatic rings. The number of aromatic nitrogens is 1. The minimum atomic E-state index is -0.705. The van der Waals surface area contributed by atoms with Gasteiger partial charge in [-0.2, -0.15) is 5.26 Å². The van der Waals surface area contributed by atoms with E-state index in [1.165, 1.54) is 17.0 Å². The molecule has 0 bridgehead atoms. The first kappa shape index (κ1) is 23.4. The van der Waals surface area contributed by atoms with E-state index in [0.29, 0.717) is 24.5 Å². The summed E-state index contributed by atoms with van der Waals surface area (Å²) in [4.78, 5) is 18.9. The first-order chi connectivity index (χ1) is 15.2. The Labute approximate surface area is 186 Å². The summed E-state index contributed by atoms with van der Waals surface area (Å²) in [5.74, 6) is -0.153. The Morgan fingerprint density at radius 2 is 2.16 bits per heavy atom. The molecule has 32 heavy (non-hydrogen) atoms. The average Bonchev–Trinajstić information content (AvgIpc) is 2.76. The highest BCUT2D eigenvalue weighted by Crippen LogP contribution is 2.32. The molecule has 0 aliphatic carbocycles. The lowest BCUT2D eigenvalue weighted by atomic mass is 10.0. The maximum atomic E-state index is 14.3. The zero-order valence-electron chi connectivity index (χ0n) is 18.3. The van der Waals surface area contributed by atoms with Crippen LogP contribution in [0.4, 0.5) is 9.18 Å². The zero-order valence-corrected chi connectivity index (χ0v) is 18.3. The Morgan fingerprint density at radius 1 is 1.38 bits per heavy atom. The van der Waals surface area contributed by atoms with Crippen molar-refractivity contribution in [3.8, 4) is 11.8 Å². The molecule has 2 heterocycles. The molecule has 0 radical (unpaired) electrons. The van der Waals surface area contributed by atoms with Gasteiger partial charge in [-0.25, -0.2) is 9.18 Å². The largest absolute Gasteiger partial charge is 0.487 e. The number of aliphatic hydroxyl groups is 1. The van der Waals surface area contributed by atoms with Crippen LogP contribution in [0.5, 0.6) is 5.75 Å². The van der Waals surface area contributed by atoms with Crippen LogP contribution >= 0.6 is 0 Å². The fourth-order valence-electron chi connectivity index (χ4n) is 3.47. The van der Waals surface area contributed by atoms with Crippen LogP contribution < -0.4 is 10.1 Å². The van der Waals surface area contributed by atoms with Crippen LogP contribution in [0, 0.1) is 17.1 Å². The van der Waals surface area contributed by atoms with E-state index in [2.05, 4.69) is 10.3 Å². The molecule has 1 fully saturated rings. The summed E-state index contributed by atoms with van der Waals surface area (Å²) in [6, 6.07) is 8.39. The smallest absolute Gasteiger partial charge is 0.411 e. The van der Waals surface area contributed by atoms with Gasteiger partial charge in [0.25, 0.3) is 0 Å². The fraction of sp³-hybridized carbons (Fsp3) is 0.435. The van der Waals surface area contributed by atoms with Gasteiger partial charge in [0.1, 0.15) is 29.5 Å². The van der Waals surface area contributed by atoms with Gasteiger partial charge in [0.15, 0.2) is 0 Å². The van der Waals surface area contributed by atoms with E-state index in [-0.39, 0.29) is 24.3 Å². The van der Waals surface area contributed by atoms with Gasteiger partial charge in [0.2, 0.25) is 0 Å². The molecule has 1 saturated heterocycles. The summed E-state index contributed by atoms with van der Waals surface area (Å²) in [5, 5.41) is 22.0. The molecule has 1 aromatic carbocycles. The predicted molar refractivity (Wildman–Crippen MR) is 114 cm³/mol. The molecule has 1 aliphatic rings. The van der Waals surface area contributed by atoms with E-state index in [4.69, 9.17) is 14.7 Å². The van der Waals surface area contributed by atoms with E-state index in [0.717, 1.165) is 6.07 Å². The number of nitrogens with one attached hydrogen (secondary N) is 1. The third-order valence-corrected chi connectivity index (χ3v) is 4.94. The van der Waals surface area contributed by atoms with Gasteiger partial charge in [0, 0.05) is 24.8 Å². The highest BCUT2D eigenvalue weighted by Gasteiger charge is 2.39. The Balaban J connectivity index is 1.87. The molecule has 3 rings (SSSR count). The molecule has 170 valence electrons. The number of hydrogen-bond acceptors (Lipinski definition) is 7. The monoisotopic (exact) mass is 442 g/mol. The maximum Gasteiger partial charge on any atom is 0.411 e. The minimum absolute atomic E-state index is 0.0771. The summed E-state index contributed by atoms with van der Waals surface area (Å²) in [6.45, 7) is 5.79. The van der Waals surface area contributed by atoms with Crippen molar-refractivity contribution < 1.29 is 23.8 Å². The number of nitriles is 1. The number of rotatable bonds is 5. The minimum Gasteiger partial charge on any atom is -0.487 e. The number of carbonyl (C=O) groups is 1. The highest BCUT2D eigenvalue weighted by atomic mass is 19.1. The number of nitrogens with zero attached hydrogens (tertiary/aromatic N) is 3. The number of piperazine rings is 1. The maximum absolute atomic E-state index is 14.3. The Bertz CT molecular complexity index is 1000. The number of amides is 1. The first-order valence-electron chi connectivity index (χ1n) is 10.3. The summed E-state index contributed by atoms with van der Waals surface area (Å²) >= 11 is 0. The number of benzene rings is 1. The van der Waals surface area contributed by atoms with Crippen LogP contribution in [-0.2, 0) is 11.3 Å². The Hall–Kier alpha value is -3.22. The third-order valence-electron chi connectivity index (χ3n) is 4.94. The number of aliphatic hydroxyl groups excluding tert-OH is 1. The van der Waals surface area contributed by atoms with E-state index in [9.17, 15) is 14.3 Å². The number of ether oxygens (including phenoxy) is 2. The van der Waals surface area contributed by atoms with Crippen LogP contribution in [0.15, 0.2) is 36.5 Å². The SMILES string of the molecule is CC(C)(C)OC(=O)N1C(CO)CNCC1c1ncccc1OCc1ccc(C#N)cc1F. The highest BCUT2D eigenvalue weighted by molar-refractivity contribution is 5.70. The molecule has 2 N–H and O–H groups in total. The molecular formula is C23H27FN4O4. The van der Waals surface area contributed by atoms with Gasteiger partial charge in [-0.1, -0.05) is 6.07 Å². The summed E-state index contributed by atoms with van der Waals surface area (Å²) < 4.78 is 25.7. The lowest BCUT2D eigenvalue weighted by molar-refractivity contribution is -0.0124. The third kappa shape index (κ3) is 5.52. The topological polar surface area (TPSA) is 108 Å². The van der Waals surface area contributed by atoms with Crippen molar-refractivity contribution in [2.75, 3.05) is 19.7 Å². The van der Waals surface area contributed by atoms with Crippen molar-refractivity contribution in [3.63, 3.8) is 0 Å². The molecule has 1 amide bonds. The van der Waals surface area contributed by atoms with Gasteiger partial charge < -0.3 is 19.9 Å². The van der Waals surface area contributed by atoms with Crippen LogP contribution in [0.3, 0.4) is 0 Å². The molecular weight excluding hydrogens is 415 g/mol. The van der Waals surface area contributed by atoms with Crippen molar-refractivity contribution in [2.45, 2.75) is 45.1 Å². The number of halogens is 1. The van der Waals surface area contributed by atoms with Crippen LogP contribution in [0.2, 0.25) is 0 Å². The number of carbonyl (C=O) groups excluding carboxylic acids is 1. The quantitative estimate of drug-likeness (QED) is 0.733. The van der Waals surface area contributed by atoms with Crippen molar-refractivity contribution in [2.24, 2.45) is 0 Å². The second kappa shape index (κ2) is 9.94. The van der Waals surface area contributed by atoms with Crippen molar-refractivity contribution >= 4 is 6.09 Å². The molecule has 2 unspecified atom stereocenters. The molecule has 1 aliphatic heterocycles. The average molecular weight is 442 g/mol. The van der Waals surface area contributed by atoms with Gasteiger partial charge >= 0.3 is 6.09 Å². The van der Waals surface area contributed by atoms with Gasteiger partial charge in [0.05, 0.1) is 30.3 Å². The summed E-state index contributed by atoms with van der Waals surface area (Å²) in [7, 11) is 0. The van der Waals surface area contributed by atoms with Crippen LogP contribution in [0.25, 0.3) is 0 Å². The van der Waals surface area contributed by atoms with E-state index < -0.39 is 29.6 Å². The lowest BCUT2D eigenvalue weighted by Crippen LogP contribution is -2.57. The van der Waals surface area contributed by atoms with Crippen molar-refractivity contribution in [1.82, 2.24) is 15.2 Å². The number of pyridine rings is 1. The Kier molecular flexibility index (Phi) is 7.28. The van der Waals surface area contributed by atoms with Crippen LogP contribution in [0.1, 0.15) is 43.6 Å². The van der Waals surface area contributed by atoms with Crippen LogP contribution in [-0.4, -0.2) is 52.4 Å². The summed E-state index contributed by atoms with van der Waals surface area (Å²) in [6.07, 6.45) is 1.03. The molecule has 9 heteroatoms. The van der Waals surface area contributed by atoms with E-state index in [1.807, 2.05) is 6.07 Å². The lowest BCUT2D eigenvalue weighted by Gasteiger charge is -2.42. The second-order valence-electron chi connectivity index (χ2n) is 8.49. The second-order valence-corrected chi connectivity index (χ2v) is 8.49. The van der Waals surface area contributed by atoms with E-state index >= 15 is 0 Å². The first-order valence-corrected chi connectivity index (χ1v) is 10.3. The predicted octanol–water partition coefficient (Wildman–Crippen LogP) is 2.91. The van der Waals surface area contributed by atoms with Crippen molar-refractivity contribution in [1.29, 1.82) is 5.26 Å². The Morgan fingerprint density at radius 3 is 2.81 bits per heavy atom. The van der Waals surface area contributed by atoms with Gasteiger partial charge in [-0.15, -0.1) is 0 Å². The van der Waals surface area contributed by atoms with Crippen molar-refractivity contribution in [3.05, 3.63) is 59.2 Å². The fourth-order valence-corrected chi connectivity index (χ4v) is 3.47. The van der Waals surface area contributed by atoms with Gasteiger partial charge in [-0.05, 0) is 45.0 Å². The normalized spacial score (nSPS) is 18.7. The molecule has 1 aromatic heterocycles. The molecule has 0 saturated carbocycles. The van der Waals surface area contributed by atoms with Gasteiger partial charge in [-0.3, -0.25) is 9.88 Å². The zero-order chi connectivity index (χ0) is 23.3. The molecule has 0 spiro atoms. The summed E-state index contributed by atoms with van der Waals surface area (Å²) in [5.41, 5.74) is 0.281. The molecule has 2 atom stereocenters.